The van der Waals surface area contributed by atoms with E-state index in [0.29, 0.717) is 12.4 Å². The van der Waals surface area contributed by atoms with E-state index in [0.717, 1.165) is 17.7 Å². The number of ketones is 1. The number of rotatable bonds is 9. The fourth-order valence-corrected chi connectivity index (χ4v) is 1.83. The van der Waals surface area contributed by atoms with Gasteiger partial charge in [-0.2, -0.15) is 0 Å². The van der Waals surface area contributed by atoms with Crippen LogP contribution in [0, 0.1) is 0 Å². The topological polar surface area (TPSA) is 35.5 Å². The van der Waals surface area contributed by atoms with Crippen LogP contribution in [0.1, 0.15) is 45.1 Å². The molecule has 20 heavy (non-hydrogen) atoms. The summed E-state index contributed by atoms with van der Waals surface area (Å²) in [5.74, 6) is 1.48. The Morgan fingerprint density at radius 3 is 2.65 bits per heavy atom. The van der Waals surface area contributed by atoms with Crippen LogP contribution in [0.2, 0.25) is 0 Å². The van der Waals surface area contributed by atoms with Crippen LogP contribution in [0.3, 0.4) is 0 Å². The SMILES string of the molecule is CCCCCCOc1ccc(/C=C/C(C)=O)cc1OC. The highest BCUT2D eigenvalue weighted by molar-refractivity contribution is 5.91. The standard InChI is InChI=1S/C17H24O3/c1-4-5-6-7-12-20-16-11-10-15(9-8-14(2)18)13-17(16)19-3/h8-11,13H,4-7,12H2,1-3H3/b9-8+. The van der Waals surface area contributed by atoms with Crippen LogP contribution < -0.4 is 9.47 Å². The summed E-state index contributed by atoms with van der Waals surface area (Å²) in [5, 5.41) is 0. The van der Waals surface area contributed by atoms with E-state index in [4.69, 9.17) is 9.47 Å². The molecule has 0 amide bonds. The van der Waals surface area contributed by atoms with Crippen molar-refractivity contribution < 1.29 is 14.3 Å². The largest absolute Gasteiger partial charge is 0.493 e. The van der Waals surface area contributed by atoms with Crippen LogP contribution in [0.4, 0.5) is 0 Å². The maximum Gasteiger partial charge on any atom is 0.161 e. The van der Waals surface area contributed by atoms with Gasteiger partial charge < -0.3 is 9.47 Å². The third-order valence-electron chi connectivity index (χ3n) is 2.95. The van der Waals surface area contributed by atoms with Crippen molar-refractivity contribution in [3.05, 3.63) is 29.8 Å². The van der Waals surface area contributed by atoms with Crippen molar-refractivity contribution in [1.82, 2.24) is 0 Å². The molecular formula is C17H24O3. The Morgan fingerprint density at radius 1 is 1.20 bits per heavy atom. The van der Waals surface area contributed by atoms with Crippen molar-refractivity contribution in [3.8, 4) is 11.5 Å². The molecule has 0 fully saturated rings. The van der Waals surface area contributed by atoms with Crippen LogP contribution in [-0.4, -0.2) is 19.5 Å². The first-order valence-electron chi connectivity index (χ1n) is 7.17. The average molecular weight is 276 g/mol. The van der Waals surface area contributed by atoms with Gasteiger partial charge in [0.2, 0.25) is 0 Å². The van der Waals surface area contributed by atoms with Gasteiger partial charge in [-0.1, -0.05) is 38.3 Å². The predicted octanol–water partition coefficient (Wildman–Crippen LogP) is 4.26. The van der Waals surface area contributed by atoms with Crippen molar-refractivity contribution in [1.29, 1.82) is 0 Å². The minimum Gasteiger partial charge on any atom is -0.493 e. The monoisotopic (exact) mass is 276 g/mol. The summed E-state index contributed by atoms with van der Waals surface area (Å²) in [5.41, 5.74) is 0.926. The zero-order valence-corrected chi connectivity index (χ0v) is 12.6. The molecule has 0 N–H and O–H groups in total. The van der Waals surface area contributed by atoms with E-state index in [-0.39, 0.29) is 5.78 Å². The Morgan fingerprint density at radius 2 is 2.00 bits per heavy atom. The third-order valence-corrected chi connectivity index (χ3v) is 2.95. The summed E-state index contributed by atoms with van der Waals surface area (Å²) in [4.78, 5) is 10.9. The molecule has 0 unspecified atom stereocenters. The Hall–Kier alpha value is -1.77. The number of unbranched alkanes of at least 4 members (excludes halogenated alkanes) is 3. The number of benzene rings is 1. The molecule has 1 rings (SSSR count). The quantitative estimate of drug-likeness (QED) is 0.499. The van der Waals surface area contributed by atoms with Crippen molar-refractivity contribution in [2.75, 3.05) is 13.7 Å². The van der Waals surface area contributed by atoms with Gasteiger partial charge in [-0.15, -0.1) is 0 Å². The van der Waals surface area contributed by atoms with E-state index in [1.807, 2.05) is 18.2 Å². The second-order valence-corrected chi connectivity index (χ2v) is 4.76. The van der Waals surface area contributed by atoms with Gasteiger partial charge in [-0.05, 0) is 37.1 Å². The van der Waals surface area contributed by atoms with E-state index >= 15 is 0 Å². The van der Waals surface area contributed by atoms with Gasteiger partial charge in [0, 0.05) is 0 Å². The highest BCUT2D eigenvalue weighted by atomic mass is 16.5. The van der Waals surface area contributed by atoms with Gasteiger partial charge in [0.1, 0.15) is 0 Å². The number of methoxy groups -OCH3 is 1. The maximum absolute atomic E-state index is 10.9. The van der Waals surface area contributed by atoms with Gasteiger partial charge in [0.25, 0.3) is 0 Å². The van der Waals surface area contributed by atoms with Gasteiger partial charge in [0.15, 0.2) is 17.3 Å². The normalized spacial score (nSPS) is 10.8. The molecule has 0 saturated heterocycles. The number of hydrogen-bond acceptors (Lipinski definition) is 3. The summed E-state index contributed by atoms with van der Waals surface area (Å²) >= 11 is 0. The number of allylic oxidation sites excluding steroid dienone is 1. The molecule has 0 radical (unpaired) electrons. The smallest absolute Gasteiger partial charge is 0.161 e. The van der Waals surface area contributed by atoms with Crippen molar-refractivity contribution in [3.63, 3.8) is 0 Å². The summed E-state index contributed by atoms with van der Waals surface area (Å²) in [6.07, 6.45) is 8.03. The van der Waals surface area contributed by atoms with Crippen LogP contribution in [-0.2, 0) is 4.79 Å². The lowest BCUT2D eigenvalue weighted by Gasteiger charge is -2.11. The number of carbonyl (C=O) groups is 1. The summed E-state index contributed by atoms with van der Waals surface area (Å²) in [7, 11) is 1.62. The van der Waals surface area contributed by atoms with Crippen LogP contribution >= 0.6 is 0 Å². The Balaban J connectivity index is 2.61. The minimum atomic E-state index is 0.0280. The van der Waals surface area contributed by atoms with Crippen molar-refractivity contribution >= 4 is 11.9 Å². The molecule has 0 spiro atoms. The molecular weight excluding hydrogens is 252 g/mol. The van der Waals surface area contributed by atoms with Crippen LogP contribution in [0.25, 0.3) is 6.08 Å². The third kappa shape index (κ3) is 5.91. The number of ether oxygens (including phenoxy) is 2. The van der Waals surface area contributed by atoms with Crippen LogP contribution in [0.5, 0.6) is 11.5 Å². The second kappa shape index (κ2) is 9.18. The average Bonchev–Trinajstić information content (AvgIpc) is 2.45. The van der Waals surface area contributed by atoms with Gasteiger partial charge in [0.05, 0.1) is 13.7 Å². The lowest BCUT2D eigenvalue weighted by molar-refractivity contribution is -0.112. The molecule has 0 aliphatic carbocycles. The molecule has 0 aliphatic heterocycles. The van der Waals surface area contributed by atoms with Gasteiger partial charge in [-0.25, -0.2) is 0 Å². The fourth-order valence-electron chi connectivity index (χ4n) is 1.83. The zero-order valence-electron chi connectivity index (χ0n) is 12.6. The minimum absolute atomic E-state index is 0.0280. The number of carbonyl (C=O) groups excluding carboxylic acids is 1. The fraction of sp³-hybridized carbons (Fsp3) is 0.471. The molecule has 110 valence electrons. The molecule has 0 aromatic heterocycles. The Bertz CT molecular complexity index is 450. The summed E-state index contributed by atoms with van der Waals surface area (Å²) in [6.45, 7) is 4.43. The van der Waals surface area contributed by atoms with E-state index in [1.54, 1.807) is 19.3 Å². The Kier molecular flexibility index (Phi) is 7.48. The highest BCUT2D eigenvalue weighted by Gasteiger charge is 2.04. The molecule has 3 nitrogen and oxygen atoms in total. The van der Waals surface area contributed by atoms with E-state index < -0.39 is 0 Å². The predicted molar refractivity (Wildman–Crippen MR) is 82.3 cm³/mol. The molecule has 0 bridgehead atoms. The molecule has 0 atom stereocenters. The van der Waals surface area contributed by atoms with E-state index in [9.17, 15) is 4.79 Å². The highest BCUT2D eigenvalue weighted by Crippen LogP contribution is 2.28. The Labute approximate surface area is 121 Å². The van der Waals surface area contributed by atoms with Crippen molar-refractivity contribution in [2.24, 2.45) is 0 Å². The molecule has 0 aliphatic rings. The first kappa shape index (κ1) is 16.3. The van der Waals surface area contributed by atoms with E-state index in [1.165, 1.54) is 26.2 Å². The summed E-state index contributed by atoms with van der Waals surface area (Å²) in [6, 6.07) is 5.68. The molecule has 0 heterocycles. The van der Waals surface area contributed by atoms with Gasteiger partial charge >= 0.3 is 0 Å². The first-order chi connectivity index (χ1) is 9.67. The van der Waals surface area contributed by atoms with E-state index in [2.05, 4.69) is 6.92 Å². The number of hydrogen-bond donors (Lipinski definition) is 0. The molecule has 1 aromatic carbocycles. The van der Waals surface area contributed by atoms with Crippen LogP contribution in [0.15, 0.2) is 24.3 Å². The molecule has 3 heteroatoms. The van der Waals surface area contributed by atoms with Gasteiger partial charge in [-0.3, -0.25) is 4.79 Å². The maximum atomic E-state index is 10.9. The first-order valence-corrected chi connectivity index (χ1v) is 7.17. The van der Waals surface area contributed by atoms with Crippen molar-refractivity contribution in [2.45, 2.75) is 39.5 Å². The lowest BCUT2D eigenvalue weighted by Crippen LogP contribution is -1.99. The lowest BCUT2D eigenvalue weighted by atomic mass is 10.1. The zero-order chi connectivity index (χ0) is 14.8. The molecule has 0 saturated carbocycles. The second-order valence-electron chi connectivity index (χ2n) is 4.76. The molecule has 1 aromatic rings. The summed E-state index contributed by atoms with van der Waals surface area (Å²) < 4.78 is 11.1.